The largest absolute Gasteiger partial charge is 0.443 e. The Morgan fingerprint density at radius 2 is 2.00 bits per heavy atom. The molecule has 0 bridgehead atoms. The summed E-state index contributed by atoms with van der Waals surface area (Å²) in [5.41, 5.74) is -0.0286. The molecule has 0 amide bonds. The average Bonchev–Trinajstić information content (AvgIpc) is 2.93. The van der Waals surface area contributed by atoms with Crippen molar-refractivity contribution in [2.75, 3.05) is 26.7 Å². The minimum atomic E-state index is -0.0286. The first-order valence-corrected chi connectivity index (χ1v) is 8.41. The normalized spacial score (nSPS) is 12.5. The molecule has 6 nitrogen and oxygen atoms in total. The zero-order chi connectivity index (χ0) is 17.5. The number of hydrogen-bond donors (Lipinski definition) is 2. The Balaban J connectivity index is 0.00000529. The quantitative estimate of drug-likeness (QED) is 0.379. The van der Waals surface area contributed by atoms with Crippen LogP contribution in [0.25, 0.3) is 0 Å². The first-order chi connectivity index (χ1) is 10.7. The molecule has 140 valence electrons. The minimum absolute atomic E-state index is 0. The van der Waals surface area contributed by atoms with Gasteiger partial charge >= 0.3 is 0 Å². The lowest BCUT2D eigenvalue weighted by molar-refractivity contribution is 0.278. The molecule has 0 aromatic carbocycles. The van der Waals surface area contributed by atoms with Crippen molar-refractivity contribution in [2.45, 2.75) is 59.5 Å². The minimum Gasteiger partial charge on any atom is -0.443 e. The predicted molar refractivity (Wildman–Crippen MR) is 111 cm³/mol. The number of aromatic nitrogens is 1. The molecule has 1 rings (SSSR count). The van der Waals surface area contributed by atoms with Crippen molar-refractivity contribution >= 4 is 29.9 Å². The van der Waals surface area contributed by atoms with Crippen molar-refractivity contribution in [1.82, 2.24) is 20.5 Å². The van der Waals surface area contributed by atoms with Crippen molar-refractivity contribution in [3.63, 3.8) is 0 Å². The van der Waals surface area contributed by atoms with Gasteiger partial charge in [0.2, 0.25) is 5.89 Å². The SMILES string of the molecule is CCNC(=NCc1ncc(C(C)(C)C)o1)NCCN(C)C(C)C.I. The van der Waals surface area contributed by atoms with Crippen LogP contribution >= 0.6 is 24.0 Å². The van der Waals surface area contributed by atoms with Crippen LogP contribution in [0.5, 0.6) is 0 Å². The highest BCUT2D eigenvalue weighted by molar-refractivity contribution is 14.0. The molecule has 0 aliphatic carbocycles. The van der Waals surface area contributed by atoms with E-state index in [-0.39, 0.29) is 29.4 Å². The van der Waals surface area contributed by atoms with Gasteiger partial charge in [0.15, 0.2) is 5.96 Å². The number of guanidine groups is 1. The summed E-state index contributed by atoms with van der Waals surface area (Å²) >= 11 is 0. The molecule has 0 unspecified atom stereocenters. The van der Waals surface area contributed by atoms with Gasteiger partial charge in [0.1, 0.15) is 12.3 Å². The number of oxazole rings is 1. The molecule has 0 aliphatic heterocycles. The van der Waals surface area contributed by atoms with Gasteiger partial charge in [-0.1, -0.05) is 20.8 Å². The summed E-state index contributed by atoms with van der Waals surface area (Å²) in [6.45, 7) is 15.8. The van der Waals surface area contributed by atoms with Gasteiger partial charge in [-0.15, -0.1) is 24.0 Å². The van der Waals surface area contributed by atoms with Crippen molar-refractivity contribution in [3.05, 3.63) is 17.8 Å². The van der Waals surface area contributed by atoms with E-state index in [1.807, 2.05) is 0 Å². The van der Waals surface area contributed by atoms with Crippen LogP contribution in [0, 0.1) is 0 Å². The number of aliphatic imine (C=N–C) groups is 1. The van der Waals surface area contributed by atoms with Crippen molar-refractivity contribution < 1.29 is 4.42 Å². The summed E-state index contributed by atoms with van der Waals surface area (Å²) < 4.78 is 5.77. The molecule has 2 N–H and O–H groups in total. The summed E-state index contributed by atoms with van der Waals surface area (Å²) in [7, 11) is 2.12. The Morgan fingerprint density at radius 1 is 1.33 bits per heavy atom. The lowest BCUT2D eigenvalue weighted by Crippen LogP contribution is -2.42. The summed E-state index contributed by atoms with van der Waals surface area (Å²) in [5.74, 6) is 2.32. The van der Waals surface area contributed by atoms with Crippen molar-refractivity contribution in [1.29, 1.82) is 0 Å². The molecular formula is C17H34IN5O. The number of rotatable bonds is 7. The highest BCUT2D eigenvalue weighted by Gasteiger charge is 2.19. The lowest BCUT2D eigenvalue weighted by Gasteiger charge is -2.21. The van der Waals surface area contributed by atoms with Crippen LogP contribution in [0.1, 0.15) is 53.2 Å². The van der Waals surface area contributed by atoms with Crippen LogP contribution in [0.3, 0.4) is 0 Å². The predicted octanol–water partition coefficient (Wildman–Crippen LogP) is 2.99. The van der Waals surface area contributed by atoms with Gasteiger partial charge in [0.05, 0.1) is 6.20 Å². The third-order valence-corrected chi connectivity index (χ3v) is 3.65. The fraction of sp³-hybridized carbons (Fsp3) is 0.765. The summed E-state index contributed by atoms with van der Waals surface area (Å²) in [5, 5.41) is 6.59. The van der Waals surface area contributed by atoms with Crippen molar-refractivity contribution in [2.24, 2.45) is 4.99 Å². The average molecular weight is 451 g/mol. The molecule has 0 saturated heterocycles. The maximum atomic E-state index is 5.77. The van der Waals surface area contributed by atoms with E-state index in [4.69, 9.17) is 4.42 Å². The van der Waals surface area contributed by atoms with Gasteiger partial charge in [0.25, 0.3) is 0 Å². The zero-order valence-electron chi connectivity index (χ0n) is 16.1. The molecule has 1 heterocycles. The van der Waals surface area contributed by atoms with Gasteiger partial charge in [-0.25, -0.2) is 9.98 Å². The molecule has 0 aliphatic rings. The van der Waals surface area contributed by atoms with Crippen LogP contribution in [-0.4, -0.2) is 48.6 Å². The van der Waals surface area contributed by atoms with Gasteiger partial charge in [-0.2, -0.15) is 0 Å². The third kappa shape index (κ3) is 8.32. The molecule has 0 atom stereocenters. The van der Waals surface area contributed by atoms with Crippen LogP contribution in [-0.2, 0) is 12.0 Å². The number of nitrogens with one attached hydrogen (secondary N) is 2. The van der Waals surface area contributed by atoms with E-state index in [0.717, 1.165) is 31.4 Å². The molecule has 7 heteroatoms. The van der Waals surface area contributed by atoms with E-state index in [1.165, 1.54) is 0 Å². The van der Waals surface area contributed by atoms with Gasteiger partial charge < -0.3 is 20.0 Å². The summed E-state index contributed by atoms with van der Waals surface area (Å²) in [6.07, 6.45) is 1.79. The van der Waals surface area contributed by atoms with E-state index in [0.29, 0.717) is 18.5 Å². The Labute approximate surface area is 163 Å². The summed E-state index contributed by atoms with van der Waals surface area (Å²) in [6, 6.07) is 0.541. The monoisotopic (exact) mass is 451 g/mol. The first-order valence-electron chi connectivity index (χ1n) is 8.41. The standard InChI is InChI=1S/C17H33N5O.HI/c1-8-18-16(19-9-10-22(7)13(2)3)21-12-15-20-11-14(23-15)17(4,5)6;/h11,13H,8-10,12H2,1-7H3,(H2,18,19,21);1H. The number of hydrogen-bond acceptors (Lipinski definition) is 4. The topological polar surface area (TPSA) is 65.7 Å². The Morgan fingerprint density at radius 3 is 2.50 bits per heavy atom. The second-order valence-corrected chi connectivity index (χ2v) is 7.06. The molecule has 24 heavy (non-hydrogen) atoms. The maximum absolute atomic E-state index is 5.77. The van der Waals surface area contributed by atoms with E-state index < -0.39 is 0 Å². The Bertz CT molecular complexity index is 493. The molecular weight excluding hydrogens is 417 g/mol. The van der Waals surface area contributed by atoms with Gasteiger partial charge in [-0.05, 0) is 27.8 Å². The number of halogens is 1. The first kappa shape index (κ1) is 23.2. The highest BCUT2D eigenvalue weighted by atomic mass is 127. The second kappa shape index (κ2) is 10.9. The number of likely N-dealkylation sites (N-methyl/N-ethyl adjacent to an activating group) is 1. The number of nitrogens with zero attached hydrogens (tertiary/aromatic N) is 3. The molecule has 0 saturated carbocycles. The Hall–Kier alpha value is -0.830. The van der Waals surface area contributed by atoms with E-state index in [9.17, 15) is 0 Å². The molecule has 0 spiro atoms. The van der Waals surface area contributed by atoms with Crippen molar-refractivity contribution in [3.8, 4) is 0 Å². The Kier molecular flexibility index (Phi) is 10.5. The fourth-order valence-electron chi connectivity index (χ4n) is 1.83. The second-order valence-electron chi connectivity index (χ2n) is 7.06. The van der Waals surface area contributed by atoms with Gasteiger partial charge in [-0.3, -0.25) is 0 Å². The summed E-state index contributed by atoms with van der Waals surface area (Å²) in [4.78, 5) is 11.1. The molecule has 1 aromatic heterocycles. The van der Waals surface area contributed by atoms with Gasteiger partial charge in [0, 0.05) is 31.1 Å². The fourth-order valence-corrected chi connectivity index (χ4v) is 1.83. The van der Waals surface area contributed by atoms with E-state index in [1.54, 1.807) is 6.20 Å². The van der Waals surface area contributed by atoms with Crippen LogP contribution in [0.2, 0.25) is 0 Å². The lowest BCUT2D eigenvalue weighted by atomic mass is 9.94. The van der Waals surface area contributed by atoms with Crippen LogP contribution < -0.4 is 10.6 Å². The van der Waals surface area contributed by atoms with E-state index in [2.05, 4.69) is 74.1 Å². The molecule has 1 aromatic rings. The van der Waals surface area contributed by atoms with Crippen LogP contribution in [0.15, 0.2) is 15.6 Å². The maximum Gasteiger partial charge on any atom is 0.216 e. The molecule has 0 fully saturated rings. The zero-order valence-corrected chi connectivity index (χ0v) is 18.5. The third-order valence-electron chi connectivity index (χ3n) is 3.65. The van der Waals surface area contributed by atoms with Crippen LogP contribution in [0.4, 0.5) is 0 Å². The molecule has 0 radical (unpaired) electrons. The highest BCUT2D eigenvalue weighted by Crippen LogP contribution is 2.22. The van der Waals surface area contributed by atoms with E-state index >= 15 is 0 Å². The smallest absolute Gasteiger partial charge is 0.216 e.